The number of rotatable bonds is 9. The van der Waals surface area contributed by atoms with Crippen molar-refractivity contribution < 1.29 is 27.4 Å². The van der Waals surface area contributed by atoms with Crippen molar-refractivity contribution in [3.63, 3.8) is 0 Å². The first-order valence-electron chi connectivity index (χ1n) is 16.2. The van der Waals surface area contributed by atoms with Gasteiger partial charge in [-0.1, -0.05) is 52.5 Å². The van der Waals surface area contributed by atoms with E-state index in [1.807, 2.05) is 5.79 Å². The lowest BCUT2D eigenvalue weighted by Crippen LogP contribution is -2.13. The molecule has 4 aromatic heterocycles. The SMILES string of the molecule is CCOC(=O)c1cc(-c2ccon2)n(Cc2ccccc2F)n1.Cl.Cl.N.N=C(N)c1cc(-c2ccon2)n(Cc2ccccc2F)n1.[CH3][Al]([CH3])[CH3].[CH3][Al]([NH2])[Cl]. The number of nitrogens with zero attached hydrogens (tertiary/aromatic N) is 6. The van der Waals surface area contributed by atoms with E-state index in [0.29, 0.717) is 39.6 Å². The van der Waals surface area contributed by atoms with Crippen molar-refractivity contribution in [3.8, 4) is 22.8 Å². The van der Waals surface area contributed by atoms with E-state index in [2.05, 4.69) is 37.9 Å². The van der Waals surface area contributed by atoms with Gasteiger partial charge in [-0.05, 0) is 25.1 Å². The molecule has 14 nitrogen and oxygen atoms in total. The average molecular weight is 856 g/mol. The molecule has 0 saturated carbocycles. The first-order chi connectivity index (χ1) is 24.8. The van der Waals surface area contributed by atoms with E-state index in [1.54, 1.807) is 72.3 Å². The third kappa shape index (κ3) is 16.7. The summed E-state index contributed by atoms with van der Waals surface area (Å²) in [6.07, 6.45) is 2.85. The number of nitrogens with two attached hydrogens (primary N) is 2. The Bertz CT molecular complexity index is 1990. The number of nitrogen functional groups attached to an aromatic ring is 1. The molecule has 6 rings (SSSR count). The number of carbonyl (C=O) groups excluding carboxylic acids is 1. The van der Waals surface area contributed by atoms with Crippen molar-refractivity contribution in [2.75, 3.05) is 6.61 Å². The Morgan fingerprint density at radius 1 is 0.818 bits per heavy atom. The van der Waals surface area contributed by atoms with E-state index < -0.39 is 19.4 Å². The van der Waals surface area contributed by atoms with Gasteiger partial charge in [0.25, 0.3) is 14.1 Å². The van der Waals surface area contributed by atoms with Crippen molar-refractivity contribution in [2.24, 2.45) is 10.5 Å². The van der Waals surface area contributed by atoms with E-state index in [1.165, 1.54) is 29.3 Å². The first-order valence-corrected chi connectivity index (χ1v) is 23.2. The van der Waals surface area contributed by atoms with Crippen LogP contribution in [0.2, 0.25) is 23.1 Å². The molecule has 0 amide bonds. The molecule has 6 aromatic rings. The zero-order chi connectivity index (χ0) is 38.2. The maximum atomic E-state index is 13.9. The highest BCUT2D eigenvalue weighted by Crippen LogP contribution is 2.22. The summed E-state index contributed by atoms with van der Waals surface area (Å²) in [6, 6.07) is 19.3. The van der Waals surface area contributed by atoms with Gasteiger partial charge in [0.05, 0.1) is 31.1 Å². The summed E-state index contributed by atoms with van der Waals surface area (Å²) in [7, 11) is 5.19. The molecule has 0 bridgehead atoms. The molecule has 8 N–H and O–H groups in total. The topological polar surface area (TPSA) is 225 Å². The lowest BCUT2D eigenvalue weighted by atomic mass is 10.2. The van der Waals surface area contributed by atoms with Gasteiger partial charge >= 0.3 is 19.4 Å². The number of carbonyl (C=O) groups is 1. The van der Waals surface area contributed by atoms with Crippen molar-refractivity contribution in [3.05, 3.63) is 119 Å². The average Bonchev–Trinajstić information content (AvgIpc) is 3.91. The summed E-state index contributed by atoms with van der Waals surface area (Å²) in [6.45, 7) is 2.33. The molecule has 21 heteroatoms. The summed E-state index contributed by atoms with van der Waals surface area (Å²) >= 11 is -1.31. The largest absolute Gasteiger partial charge is 0.494 e. The highest BCUT2D eigenvalue weighted by Gasteiger charge is 2.19. The van der Waals surface area contributed by atoms with Gasteiger partial charge in [0, 0.05) is 29.3 Å². The molecule has 55 heavy (non-hydrogen) atoms. The van der Waals surface area contributed by atoms with E-state index in [-0.39, 0.29) is 88.0 Å². The van der Waals surface area contributed by atoms with Gasteiger partial charge in [0.2, 0.25) is 0 Å². The molecule has 4 heterocycles. The molecule has 0 saturated heterocycles. The molecule has 0 aliphatic heterocycles. The van der Waals surface area contributed by atoms with Crippen molar-refractivity contribution in [1.29, 1.82) is 5.41 Å². The van der Waals surface area contributed by atoms with Crippen molar-refractivity contribution in [2.45, 2.75) is 43.2 Å². The van der Waals surface area contributed by atoms with Crippen LogP contribution < -0.4 is 16.6 Å². The molecule has 0 aliphatic carbocycles. The molecule has 0 fully saturated rings. The van der Waals surface area contributed by atoms with Gasteiger partial charge in [-0.2, -0.15) is 10.2 Å². The van der Waals surface area contributed by atoms with E-state index >= 15 is 0 Å². The number of aromatic nitrogens is 6. The first kappa shape index (κ1) is 50.9. The molecule has 0 atom stereocenters. The number of amidine groups is 1. The van der Waals surface area contributed by atoms with Crippen molar-refractivity contribution >= 4 is 74.3 Å². The minimum absolute atomic E-state index is 0. The Balaban J connectivity index is 0.000000851. The van der Waals surface area contributed by atoms with Gasteiger partial charge in [-0.15, -0.1) is 42.2 Å². The Morgan fingerprint density at radius 3 is 1.55 bits per heavy atom. The molecule has 0 unspecified atom stereocenters. The Kier molecular flexibility index (Phi) is 24.0. The van der Waals surface area contributed by atoms with E-state index in [4.69, 9.17) is 39.7 Å². The summed E-state index contributed by atoms with van der Waals surface area (Å²) < 4.78 is 50.3. The van der Waals surface area contributed by atoms with E-state index in [0.717, 1.165) is 0 Å². The molecule has 0 aliphatic rings. The third-order valence-electron chi connectivity index (χ3n) is 6.28. The smallest absolute Gasteiger partial charge is 0.461 e. The quantitative estimate of drug-likeness (QED) is 0.0480. The van der Waals surface area contributed by atoms with Crippen LogP contribution in [0.1, 0.15) is 34.2 Å². The lowest BCUT2D eigenvalue weighted by Gasteiger charge is -2.06. The van der Waals surface area contributed by atoms with Gasteiger partial charge in [0.15, 0.2) is 5.69 Å². The minimum Gasteiger partial charge on any atom is -0.461 e. The predicted molar refractivity (Wildman–Crippen MR) is 218 cm³/mol. The lowest BCUT2D eigenvalue weighted by molar-refractivity contribution is 0.0518. The standard InChI is InChI=1S/C16H14FN3O3.C14H12FN5O.4CH3.2Al.3ClH.H3N.H2N/c1-2-22-16(21)14-9-15(13-7-8-23-19-13)20(18-14)10-11-5-3-4-6-12(11)17;15-10-4-2-1-3-9(10)8-20-13(11-5-6-21-19-11)7-12(18-20)14(16)17;;;;;;;;;;;/h3-9H,2,10H2,1H3;1-7H,8H2,(H3,16,17);4*1H3;;;3*1H;1H3;1H2/q;;;;;;;+2;;;;;-1/p-1. The minimum atomic E-state index is -1.17. The fourth-order valence-corrected chi connectivity index (χ4v) is 4.19. The highest BCUT2D eigenvalue weighted by molar-refractivity contribution is 7.04. The molecule has 0 spiro atoms. The Labute approximate surface area is 343 Å². The van der Waals surface area contributed by atoms with Crippen LogP contribution in [0, 0.1) is 17.0 Å². The molecule has 296 valence electrons. The number of hydrogen-bond donors (Lipinski definition) is 4. The van der Waals surface area contributed by atoms with Crippen LogP contribution in [-0.2, 0) is 17.8 Å². The molecule has 0 radical (unpaired) electrons. The second-order valence-electron chi connectivity index (χ2n) is 11.6. The van der Waals surface area contributed by atoms with Gasteiger partial charge in [-0.25, -0.2) is 23.6 Å². The zero-order valence-corrected chi connectivity index (χ0v) is 35.7. The van der Waals surface area contributed by atoms with Gasteiger partial charge in [0.1, 0.15) is 47.1 Å². The zero-order valence-electron chi connectivity index (χ0n) is 31.0. The van der Waals surface area contributed by atoms with Gasteiger partial charge in [-0.3, -0.25) is 14.8 Å². The summed E-state index contributed by atoms with van der Waals surface area (Å²) in [4.78, 5) is 11.9. The second kappa shape index (κ2) is 25.9. The van der Waals surface area contributed by atoms with Crippen molar-refractivity contribution in [1.82, 2.24) is 36.0 Å². The fraction of sp³-hybridized carbons (Fsp3) is 0.235. The third-order valence-corrected chi connectivity index (χ3v) is 6.28. The fourth-order valence-electron chi connectivity index (χ4n) is 4.19. The number of hydrogen-bond acceptors (Lipinski definition) is 11. The number of nitrogens with one attached hydrogen (secondary N) is 1. The normalized spacial score (nSPS) is 9.55. The number of esters is 1. The highest BCUT2D eigenvalue weighted by atomic mass is 35.6. The summed E-state index contributed by atoms with van der Waals surface area (Å²) in [5.41, 5.74) is 9.06. The molecule has 2 aromatic carbocycles. The van der Waals surface area contributed by atoms with Crippen LogP contribution >= 0.6 is 34.9 Å². The van der Waals surface area contributed by atoms with Crippen LogP contribution in [0.5, 0.6) is 0 Å². The van der Waals surface area contributed by atoms with Crippen LogP contribution in [0.3, 0.4) is 0 Å². The maximum Gasteiger partial charge on any atom is 0.494 e. The van der Waals surface area contributed by atoms with Crippen LogP contribution in [0.4, 0.5) is 8.78 Å². The summed E-state index contributed by atoms with van der Waals surface area (Å²) in [5, 5.41) is 23.6. The molecular weight excluding hydrogens is 811 g/mol. The maximum absolute atomic E-state index is 13.9. The predicted octanol–water partition coefficient (Wildman–Crippen LogP) is 7.59. The van der Waals surface area contributed by atoms with E-state index in [9.17, 15) is 13.6 Å². The second-order valence-corrected chi connectivity index (χ2v) is 18.5. The number of benzene rings is 2. The van der Waals surface area contributed by atoms with Crippen LogP contribution in [0.25, 0.3) is 22.8 Å². The Hall–Kier alpha value is -4.07. The van der Waals surface area contributed by atoms with Gasteiger partial charge < -0.3 is 30.4 Å². The summed E-state index contributed by atoms with van der Waals surface area (Å²) in [5.74, 6) is 7.41. The van der Waals surface area contributed by atoms with Crippen LogP contribution in [-0.4, -0.2) is 75.9 Å². The molecular formula is C34H45Al2Cl3F2N10O4. The number of halogens is 5. The monoisotopic (exact) mass is 854 g/mol. The van der Waals surface area contributed by atoms with Crippen LogP contribution in [0.15, 0.2) is 94.4 Å². The Morgan fingerprint density at radius 2 is 1.20 bits per heavy atom. The number of ether oxygens (including phenoxy) is 1.